The summed E-state index contributed by atoms with van der Waals surface area (Å²) in [6.45, 7) is 5.95. The van der Waals surface area contributed by atoms with Crippen LogP contribution in [0.5, 0.6) is 11.5 Å². The van der Waals surface area contributed by atoms with Gasteiger partial charge in [-0.25, -0.2) is 0 Å². The molecule has 1 rings (SSSR count). The summed E-state index contributed by atoms with van der Waals surface area (Å²) >= 11 is 3.38. The van der Waals surface area contributed by atoms with Crippen LogP contribution < -0.4 is 4.74 Å². The molecule has 0 saturated heterocycles. The van der Waals surface area contributed by atoms with Crippen LogP contribution in [0.2, 0.25) is 0 Å². The maximum absolute atomic E-state index is 11.3. The molecule has 1 aromatic rings. The van der Waals surface area contributed by atoms with Crippen molar-refractivity contribution in [3.63, 3.8) is 0 Å². The average molecular weight is 343 g/mol. The number of ether oxygens (including phenoxy) is 1. The van der Waals surface area contributed by atoms with Crippen LogP contribution in [0.4, 0.5) is 0 Å². The number of carbonyl (C=O) groups excluding carboxylic acids is 1. The number of phenolic OH excluding ortho intramolecular Hbond substituents is 1. The summed E-state index contributed by atoms with van der Waals surface area (Å²) in [5.74, 6) is 1.02. The monoisotopic (exact) mass is 342 g/mol. The van der Waals surface area contributed by atoms with Gasteiger partial charge in [0.25, 0.3) is 0 Å². The van der Waals surface area contributed by atoms with Crippen molar-refractivity contribution in [3.8, 4) is 11.5 Å². The highest BCUT2D eigenvalue weighted by atomic mass is 79.9. The number of halogens is 1. The summed E-state index contributed by atoms with van der Waals surface area (Å²) in [4.78, 5) is 11.3. The molecule has 0 aliphatic heterocycles. The third-order valence-electron chi connectivity index (χ3n) is 3.47. The fraction of sp³-hybridized carbons (Fsp3) is 0.562. The maximum Gasteiger partial charge on any atom is 0.132 e. The zero-order valence-corrected chi connectivity index (χ0v) is 14.0. The third-order valence-corrected chi connectivity index (χ3v) is 4.03. The Morgan fingerprint density at radius 3 is 2.70 bits per heavy atom. The lowest BCUT2D eigenvalue weighted by atomic mass is 9.95. The Morgan fingerprint density at radius 2 is 2.10 bits per heavy atom. The summed E-state index contributed by atoms with van der Waals surface area (Å²) in [5, 5.41) is 11.2. The Bertz CT molecular complexity index is 457. The number of unbranched alkanes of at least 4 members (excludes halogenated alkanes) is 1. The molecule has 3 nitrogen and oxygen atoms in total. The number of benzene rings is 1. The lowest BCUT2D eigenvalue weighted by Crippen LogP contribution is -2.10. The molecule has 0 fully saturated rings. The second kappa shape index (κ2) is 8.30. The van der Waals surface area contributed by atoms with Gasteiger partial charge in [-0.3, -0.25) is 4.79 Å². The van der Waals surface area contributed by atoms with Gasteiger partial charge in [0.1, 0.15) is 17.3 Å². The van der Waals surface area contributed by atoms with E-state index in [1.54, 1.807) is 6.92 Å². The van der Waals surface area contributed by atoms with Gasteiger partial charge < -0.3 is 9.84 Å². The van der Waals surface area contributed by atoms with Crippen molar-refractivity contribution in [2.75, 3.05) is 11.9 Å². The van der Waals surface area contributed by atoms with Crippen LogP contribution in [0.25, 0.3) is 0 Å². The molecular weight excluding hydrogens is 320 g/mol. The highest BCUT2D eigenvalue weighted by Gasteiger charge is 2.15. The number of ketones is 1. The first kappa shape index (κ1) is 17.0. The lowest BCUT2D eigenvalue weighted by molar-refractivity contribution is -0.120. The molecule has 0 bridgehead atoms. The minimum absolute atomic E-state index is 0.0778. The molecule has 4 heteroatoms. The second-order valence-corrected chi connectivity index (χ2v) is 5.95. The van der Waals surface area contributed by atoms with E-state index in [2.05, 4.69) is 15.9 Å². The standard InChI is InChI=1S/C16H23BrO3/c1-11(13(3)18)10-14-6-7-15(12(2)16(14)19)20-9-5-4-8-17/h6-7,11,19H,4-5,8-10H2,1-3H3. The predicted molar refractivity (Wildman–Crippen MR) is 84.9 cm³/mol. The van der Waals surface area contributed by atoms with Crippen LogP contribution in [0.1, 0.15) is 37.8 Å². The summed E-state index contributed by atoms with van der Waals surface area (Å²) in [6, 6.07) is 3.73. The van der Waals surface area contributed by atoms with Gasteiger partial charge in [0, 0.05) is 16.8 Å². The number of alkyl halides is 1. The molecule has 0 aliphatic carbocycles. The number of aromatic hydroxyl groups is 1. The Hall–Kier alpha value is -1.03. The Labute approximate surface area is 129 Å². The largest absolute Gasteiger partial charge is 0.507 e. The first-order valence-electron chi connectivity index (χ1n) is 6.98. The van der Waals surface area contributed by atoms with Crippen molar-refractivity contribution in [2.24, 2.45) is 5.92 Å². The van der Waals surface area contributed by atoms with E-state index < -0.39 is 0 Å². The number of phenols is 1. The zero-order valence-electron chi connectivity index (χ0n) is 12.4. The fourth-order valence-electron chi connectivity index (χ4n) is 1.91. The topological polar surface area (TPSA) is 46.5 Å². The molecular formula is C16H23BrO3. The van der Waals surface area contributed by atoms with Gasteiger partial charge in [-0.05, 0) is 44.7 Å². The lowest BCUT2D eigenvalue weighted by Gasteiger charge is -2.15. The van der Waals surface area contributed by atoms with E-state index in [1.165, 1.54) is 0 Å². The van der Waals surface area contributed by atoms with Crippen molar-refractivity contribution in [1.82, 2.24) is 0 Å². The van der Waals surface area contributed by atoms with Gasteiger partial charge in [0.2, 0.25) is 0 Å². The van der Waals surface area contributed by atoms with Crippen molar-refractivity contribution < 1.29 is 14.6 Å². The van der Waals surface area contributed by atoms with Crippen LogP contribution in [-0.2, 0) is 11.2 Å². The van der Waals surface area contributed by atoms with Crippen LogP contribution in [-0.4, -0.2) is 22.8 Å². The number of carbonyl (C=O) groups is 1. The molecule has 1 N–H and O–H groups in total. The smallest absolute Gasteiger partial charge is 0.132 e. The molecule has 20 heavy (non-hydrogen) atoms. The number of hydrogen-bond acceptors (Lipinski definition) is 3. The van der Waals surface area contributed by atoms with Gasteiger partial charge >= 0.3 is 0 Å². The molecule has 0 saturated carbocycles. The summed E-state index contributed by atoms with van der Waals surface area (Å²) in [5.41, 5.74) is 1.55. The van der Waals surface area contributed by atoms with Crippen molar-refractivity contribution in [1.29, 1.82) is 0 Å². The van der Waals surface area contributed by atoms with Gasteiger partial charge in [0.15, 0.2) is 0 Å². The van der Waals surface area contributed by atoms with Gasteiger partial charge in [-0.15, -0.1) is 0 Å². The highest BCUT2D eigenvalue weighted by molar-refractivity contribution is 9.09. The molecule has 0 heterocycles. The van der Waals surface area contributed by atoms with Gasteiger partial charge in [-0.1, -0.05) is 28.9 Å². The number of rotatable bonds is 8. The van der Waals surface area contributed by atoms with E-state index in [0.29, 0.717) is 13.0 Å². The van der Waals surface area contributed by atoms with E-state index in [1.807, 2.05) is 26.0 Å². The molecule has 0 radical (unpaired) electrons. The molecule has 0 spiro atoms. The number of Topliss-reactive ketones (excluding diaryl/α,β-unsaturated/α-hetero) is 1. The zero-order chi connectivity index (χ0) is 15.1. The molecule has 0 aromatic heterocycles. The maximum atomic E-state index is 11.3. The van der Waals surface area contributed by atoms with Gasteiger partial charge in [-0.2, -0.15) is 0 Å². The SMILES string of the molecule is CC(=O)C(C)Cc1ccc(OCCCCBr)c(C)c1O. The molecule has 0 amide bonds. The van der Waals surface area contributed by atoms with Crippen LogP contribution in [0.15, 0.2) is 12.1 Å². The first-order chi connectivity index (χ1) is 9.47. The second-order valence-electron chi connectivity index (χ2n) is 5.16. The Morgan fingerprint density at radius 1 is 1.40 bits per heavy atom. The molecule has 112 valence electrons. The third kappa shape index (κ3) is 4.82. The highest BCUT2D eigenvalue weighted by Crippen LogP contribution is 2.32. The number of hydrogen-bond donors (Lipinski definition) is 1. The first-order valence-corrected chi connectivity index (χ1v) is 8.10. The van der Waals surface area contributed by atoms with Crippen LogP contribution in [0, 0.1) is 12.8 Å². The minimum Gasteiger partial charge on any atom is -0.507 e. The predicted octanol–water partition coefficient (Wildman–Crippen LogP) is 4.02. The fourth-order valence-corrected chi connectivity index (χ4v) is 2.31. The Kier molecular flexibility index (Phi) is 7.06. The quantitative estimate of drug-likeness (QED) is 0.573. The summed E-state index contributed by atoms with van der Waals surface area (Å²) in [6.07, 6.45) is 2.61. The van der Waals surface area contributed by atoms with Crippen molar-refractivity contribution >= 4 is 21.7 Å². The minimum atomic E-state index is -0.0778. The van der Waals surface area contributed by atoms with E-state index >= 15 is 0 Å². The van der Waals surface area contributed by atoms with Crippen LogP contribution in [0.3, 0.4) is 0 Å². The van der Waals surface area contributed by atoms with Crippen molar-refractivity contribution in [3.05, 3.63) is 23.3 Å². The Balaban J connectivity index is 2.73. The summed E-state index contributed by atoms with van der Waals surface area (Å²) in [7, 11) is 0. The van der Waals surface area contributed by atoms with E-state index in [9.17, 15) is 9.90 Å². The van der Waals surface area contributed by atoms with Gasteiger partial charge in [0.05, 0.1) is 6.61 Å². The molecule has 1 aromatic carbocycles. The average Bonchev–Trinajstić information content (AvgIpc) is 2.42. The van der Waals surface area contributed by atoms with E-state index in [-0.39, 0.29) is 17.5 Å². The van der Waals surface area contributed by atoms with E-state index in [0.717, 1.165) is 35.0 Å². The molecule has 0 aliphatic rings. The van der Waals surface area contributed by atoms with Crippen molar-refractivity contribution in [2.45, 2.75) is 40.0 Å². The molecule has 1 unspecified atom stereocenters. The van der Waals surface area contributed by atoms with Crippen LogP contribution >= 0.6 is 15.9 Å². The normalized spacial score (nSPS) is 12.2. The molecule has 1 atom stereocenters. The summed E-state index contributed by atoms with van der Waals surface area (Å²) < 4.78 is 5.68. The van der Waals surface area contributed by atoms with E-state index in [4.69, 9.17) is 4.74 Å².